The summed E-state index contributed by atoms with van der Waals surface area (Å²) in [6, 6.07) is 9.85. The number of hydrogen-bond acceptors (Lipinski definition) is 6. The summed E-state index contributed by atoms with van der Waals surface area (Å²) < 4.78 is 12.9. The predicted molar refractivity (Wildman–Crippen MR) is 138 cm³/mol. The number of nitrogens with one attached hydrogen (secondary N) is 1. The third-order valence-corrected chi connectivity index (χ3v) is 7.60. The lowest BCUT2D eigenvalue weighted by Crippen LogP contribution is -2.53. The highest BCUT2D eigenvalue weighted by Crippen LogP contribution is 2.36. The van der Waals surface area contributed by atoms with Gasteiger partial charge in [-0.2, -0.15) is 0 Å². The number of aromatic nitrogens is 1. The maximum Gasteiger partial charge on any atom is 0.413 e. The second-order valence-corrected chi connectivity index (χ2v) is 10.4. The Morgan fingerprint density at radius 3 is 2.44 bits per heavy atom. The van der Waals surface area contributed by atoms with Crippen LogP contribution in [0.25, 0.3) is 10.9 Å². The van der Waals surface area contributed by atoms with Crippen LogP contribution in [0.5, 0.6) is 5.75 Å². The lowest BCUT2D eigenvalue weighted by molar-refractivity contribution is -0.129. The number of piperidine rings is 1. The van der Waals surface area contributed by atoms with Crippen molar-refractivity contribution in [3.05, 3.63) is 40.7 Å². The fourth-order valence-electron chi connectivity index (χ4n) is 5.71. The second kappa shape index (κ2) is 11.0. The zero-order chi connectivity index (χ0) is 26.0. The van der Waals surface area contributed by atoms with Crippen molar-refractivity contribution in [2.45, 2.75) is 76.7 Å². The van der Waals surface area contributed by atoms with E-state index in [4.69, 9.17) is 9.47 Å². The van der Waals surface area contributed by atoms with Gasteiger partial charge in [0.05, 0.1) is 11.6 Å². The van der Waals surface area contributed by atoms with Gasteiger partial charge >= 0.3 is 6.09 Å². The van der Waals surface area contributed by atoms with E-state index in [2.05, 4.69) is 10.2 Å². The standard InChI is InChI=1S/C27H38N4O5/c1-17(2)31-24-9-7-6-8-19(24)12-25(26(31)33)36-27(34)28-20-13-21-10-11-22(14-20)30(21)16-23(35-5)15-29(4)18(3)32/h6-9,12,17,20-23H,10-11,13-16H2,1-5H3,(H,28,34)/t20?,21-,22+,23?. The van der Waals surface area contributed by atoms with Gasteiger partial charge in [-0.25, -0.2) is 4.79 Å². The molecule has 4 rings (SSSR count). The van der Waals surface area contributed by atoms with Crippen LogP contribution in [0.15, 0.2) is 35.1 Å². The van der Waals surface area contributed by atoms with Crippen LogP contribution in [0.3, 0.4) is 0 Å². The Morgan fingerprint density at radius 2 is 1.83 bits per heavy atom. The number of carbonyl (C=O) groups is 2. The van der Waals surface area contributed by atoms with E-state index in [1.165, 1.54) is 0 Å². The Labute approximate surface area is 212 Å². The van der Waals surface area contributed by atoms with Gasteiger partial charge in [0, 0.05) is 63.7 Å². The number of benzene rings is 1. The molecule has 9 heteroatoms. The zero-order valence-electron chi connectivity index (χ0n) is 21.9. The second-order valence-electron chi connectivity index (χ2n) is 10.4. The van der Waals surface area contributed by atoms with Gasteiger partial charge in [0.25, 0.3) is 5.56 Å². The summed E-state index contributed by atoms with van der Waals surface area (Å²) in [7, 11) is 3.47. The molecular weight excluding hydrogens is 460 g/mol. The third-order valence-electron chi connectivity index (χ3n) is 7.60. The van der Waals surface area contributed by atoms with Crippen molar-refractivity contribution in [3.8, 4) is 5.75 Å². The SMILES string of the molecule is COC(CN(C)C(C)=O)CN1[C@@H]2CC[C@H]1CC(NC(=O)Oc1cc3ccccc3n(C(C)C)c1=O)C2. The third kappa shape index (κ3) is 5.57. The van der Waals surface area contributed by atoms with Gasteiger partial charge in [0.15, 0.2) is 5.75 Å². The maximum atomic E-state index is 13.1. The molecule has 2 aliphatic heterocycles. The van der Waals surface area contributed by atoms with Crippen molar-refractivity contribution >= 4 is 22.9 Å². The van der Waals surface area contributed by atoms with Gasteiger partial charge in [-0.1, -0.05) is 18.2 Å². The number of hydrogen-bond donors (Lipinski definition) is 1. The molecule has 2 bridgehead atoms. The topological polar surface area (TPSA) is 93.1 Å². The Balaban J connectivity index is 1.39. The van der Waals surface area contributed by atoms with Crippen LogP contribution >= 0.6 is 0 Å². The smallest absolute Gasteiger partial charge is 0.404 e. The molecule has 3 heterocycles. The molecule has 4 atom stereocenters. The quantitative estimate of drug-likeness (QED) is 0.601. The van der Waals surface area contributed by atoms with Gasteiger partial charge in [-0.15, -0.1) is 0 Å². The number of fused-ring (bicyclic) bond motifs is 3. The van der Waals surface area contributed by atoms with E-state index in [1.807, 2.05) is 38.1 Å². The fraction of sp³-hybridized carbons (Fsp3) is 0.593. The molecule has 36 heavy (non-hydrogen) atoms. The number of pyridine rings is 1. The van der Waals surface area contributed by atoms with E-state index < -0.39 is 6.09 Å². The zero-order valence-corrected chi connectivity index (χ0v) is 21.9. The molecule has 2 fully saturated rings. The van der Waals surface area contributed by atoms with E-state index in [1.54, 1.807) is 36.6 Å². The summed E-state index contributed by atoms with van der Waals surface area (Å²) in [6.07, 6.45) is 3.12. The minimum Gasteiger partial charge on any atom is -0.404 e. The molecule has 2 unspecified atom stereocenters. The summed E-state index contributed by atoms with van der Waals surface area (Å²) in [6.45, 7) is 6.74. The maximum absolute atomic E-state index is 13.1. The molecule has 196 valence electrons. The number of para-hydroxylation sites is 1. The van der Waals surface area contributed by atoms with Crippen LogP contribution in [0, 0.1) is 0 Å². The molecule has 1 aromatic heterocycles. The van der Waals surface area contributed by atoms with Gasteiger partial charge in [0.1, 0.15) is 0 Å². The first-order valence-electron chi connectivity index (χ1n) is 12.8. The summed E-state index contributed by atoms with van der Waals surface area (Å²) >= 11 is 0. The summed E-state index contributed by atoms with van der Waals surface area (Å²) in [4.78, 5) is 41.7. The number of carbonyl (C=O) groups excluding carboxylic acids is 2. The molecule has 2 saturated heterocycles. The molecule has 9 nitrogen and oxygen atoms in total. The predicted octanol–water partition coefficient (Wildman–Crippen LogP) is 3.16. The van der Waals surface area contributed by atoms with E-state index >= 15 is 0 Å². The summed E-state index contributed by atoms with van der Waals surface area (Å²) in [5.41, 5.74) is 0.507. The van der Waals surface area contributed by atoms with Crippen LogP contribution in [-0.2, 0) is 9.53 Å². The number of rotatable bonds is 8. The van der Waals surface area contributed by atoms with E-state index in [-0.39, 0.29) is 35.4 Å². The monoisotopic (exact) mass is 498 g/mol. The summed E-state index contributed by atoms with van der Waals surface area (Å²) in [5, 5.41) is 3.86. The number of amides is 2. The largest absolute Gasteiger partial charge is 0.413 e. The Hall–Kier alpha value is -2.91. The molecule has 1 N–H and O–H groups in total. The fourth-order valence-corrected chi connectivity index (χ4v) is 5.71. The molecule has 0 saturated carbocycles. The van der Waals surface area contributed by atoms with Crippen molar-refractivity contribution in [3.63, 3.8) is 0 Å². The van der Waals surface area contributed by atoms with E-state index in [0.29, 0.717) is 18.6 Å². The van der Waals surface area contributed by atoms with Crippen molar-refractivity contribution in [1.82, 2.24) is 19.7 Å². The minimum atomic E-state index is -0.589. The molecule has 2 aliphatic rings. The minimum absolute atomic E-state index is 0.0140. The number of nitrogens with zero attached hydrogens (tertiary/aromatic N) is 3. The lowest BCUT2D eigenvalue weighted by Gasteiger charge is -2.40. The highest BCUT2D eigenvalue weighted by molar-refractivity contribution is 5.81. The molecule has 0 radical (unpaired) electrons. The first-order valence-corrected chi connectivity index (χ1v) is 12.8. The first kappa shape index (κ1) is 26.2. The Bertz CT molecular complexity index is 1150. The van der Waals surface area contributed by atoms with E-state index in [9.17, 15) is 14.4 Å². The highest BCUT2D eigenvalue weighted by Gasteiger charge is 2.42. The van der Waals surface area contributed by atoms with Crippen LogP contribution in [0.4, 0.5) is 4.79 Å². The Morgan fingerprint density at radius 1 is 1.17 bits per heavy atom. The van der Waals surface area contributed by atoms with Gasteiger partial charge in [0.2, 0.25) is 5.91 Å². The Kier molecular flexibility index (Phi) is 8.00. The highest BCUT2D eigenvalue weighted by atomic mass is 16.6. The first-order chi connectivity index (χ1) is 17.2. The normalized spacial score (nSPS) is 22.6. The van der Waals surface area contributed by atoms with Crippen molar-refractivity contribution in [1.29, 1.82) is 0 Å². The van der Waals surface area contributed by atoms with Crippen molar-refractivity contribution in [2.24, 2.45) is 0 Å². The lowest BCUT2D eigenvalue weighted by atomic mass is 9.97. The molecule has 0 spiro atoms. The van der Waals surface area contributed by atoms with Crippen LogP contribution < -0.4 is 15.6 Å². The van der Waals surface area contributed by atoms with Gasteiger partial charge < -0.3 is 24.3 Å². The van der Waals surface area contributed by atoms with E-state index in [0.717, 1.165) is 43.1 Å². The van der Waals surface area contributed by atoms with Crippen molar-refractivity contribution < 1.29 is 19.1 Å². The molecular formula is C27H38N4O5. The van der Waals surface area contributed by atoms with Crippen molar-refractivity contribution in [2.75, 3.05) is 27.2 Å². The van der Waals surface area contributed by atoms with Crippen LogP contribution in [-0.4, -0.2) is 77.8 Å². The number of ether oxygens (including phenoxy) is 2. The molecule has 2 aromatic rings. The summed E-state index contributed by atoms with van der Waals surface area (Å²) in [5.74, 6) is 0.0610. The van der Waals surface area contributed by atoms with Gasteiger partial charge in [-0.05, 0) is 51.7 Å². The molecule has 0 aliphatic carbocycles. The molecule has 2 amide bonds. The molecule has 1 aromatic carbocycles. The number of likely N-dealkylation sites (N-methyl/N-ethyl adjacent to an activating group) is 1. The van der Waals surface area contributed by atoms with Crippen LogP contribution in [0.2, 0.25) is 0 Å². The van der Waals surface area contributed by atoms with Gasteiger partial charge in [-0.3, -0.25) is 14.5 Å². The number of methoxy groups -OCH3 is 1. The van der Waals surface area contributed by atoms with Crippen LogP contribution in [0.1, 0.15) is 52.5 Å². The average molecular weight is 499 g/mol. The average Bonchev–Trinajstić information content (AvgIpc) is 3.05.